The number of nitrogens with one attached hydrogen (secondary N) is 1. The molecule has 72 valence electrons. The summed E-state index contributed by atoms with van der Waals surface area (Å²) in [6, 6.07) is 3.45. The van der Waals surface area contributed by atoms with Gasteiger partial charge in [0, 0.05) is 6.92 Å². The SMILES string of the molecule is CC(=O)Nc1nnc(-c2ccco2)o1. The molecule has 0 fully saturated rings. The molecule has 0 radical (unpaired) electrons. The molecule has 1 N–H and O–H groups in total. The summed E-state index contributed by atoms with van der Waals surface area (Å²) >= 11 is 0. The molecule has 0 aromatic carbocycles. The van der Waals surface area contributed by atoms with Crippen LogP contribution in [0.4, 0.5) is 6.01 Å². The molecule has 0 saturated carbocycles. The zero-order valence-electron chi connectivity index (χ0n) is 7.35. The van der Waals surface area contributed by atoms with E-state index in [0.29, 0.717) is 5.76 Å². The minimum Gasteiger partial charge on any atom is -0.459 e. The highest BCUT2D eigenvalue weighted by Crippen LogP contribution is 2.19. The molecule has 2 aromatic rings. The van der Waals surface area contributed by atoms with Crippen LogP contribution in [0.5, 0.6) is 0 Å². The maximum atomic E-state index is 10.6. The number of anilines is 1. The molecule has 2 rings (SSSR count). The van der Waals surface area contributed by atoms with E-state index in [1.54, 1.807) is 12.1 Å². The summed E-state index contributed by atoms with van der Waals surface area (Å²) in [5, 5.41) is 9.66. The summed E-state index contributed by atoms with van der Waals surface area (Å²) in [4.78, 5) is 10.6. The fourth-order valence-electron chi connectivity index (χ4n) is 0.924. The summed E-state index contributed by atoms with van der Waals surface area (Å²) in [7, 11) is 0. The van der Waals surface area contributed by atoms with E-state index in [9.17, 15) is 4.79 Å². The lowest BCUT2D eigenvalue weighted by molar-refractivity contribution is -0.114. The number of amides is 1. The molecular weight excluding hydrogens is 186 g/mol. The number of carbonyl (C=O) groups is 1. The Balaban J connectivity index is 2.22. The Hall–Kier alpha value is -2.11. The summed E-state index contributed by atoms with van der Waals surface area (Å²) in [5.74, 6) is 0.437. The molecule has 0 spiro atoms. The van der Waals surface area contributed by atoms with E-state index in [4.69, 9.17) is 8.83 Å². The number of carbonyl (C=O) groups excluding carboxylic acids is 1. The molecule has 1 amide bonds. The van der Waals surface area contributed by atoms with Gasteiger partial charge in [0.25, 0.3) is 5.89 Å². The second-order valence-corrected chi connectivity index (χ2v) is 2.57. The zero-order chi connectivity index (χ0) is 9.97. The van der Waals surface area contributed by atoms with Crippen LogP contribution in [0, 0.1) is 0 Å². The third-order valence-corrected chi connectivity index (χ3v) is 1.44. The number of hydrogen-bond acceptors (Lipinski definition) is 5. The van der Waals surface area contributed by atoms with Crippen molar-refractivity contribution in [2.75, 3.05) is 5.32 Å². The lowest BCUT2D eigenvalue weighted by Crippen LogP contribution is -2.05. The normalized spacial score (nSPS) is 10.1. The largest absolute Gasteiger partial charge is 0.459 e. The molecule has 2 aromatic heterocycles. The van der Waals surface area contributed by atoms with E-state index >= 15 is 0 Å². The Morgan fingerprint density at radius 3 is 3.00 bits per heavy atom. The van der Waals surface area contributed by atoms with Crippen LogP contribution in [0.15, 0.2) is 27.2 Å². The summed E-state index contributed by atoms with van der Waals surface area (Å²) < 4.78 is 10.1. The molecule has 6 nitrogen and oxygen atoms in total. The van der Waals surface area contributed by atoms with Crippen LogP contribution in [-0.2, 0) is 4.79 Å². The first-order chi connectivity index (χ1) is 6.75. The van der Waals surface area contributed by atoms with Crippen molar-refractivity contribution in [1.29, 1.82) is 0 Å². The van der Waals surface area contributed by atoms with Gasteiger partial charge in [-0.25, -0.2) is 0 Å². The minimum atomic E-state index is -0.264. The van der Waals surface area contributed by atoms with Gasteiger partial charge in [-0.3, -0.25) is 10.1 Å². The predicted octanol–water partition coefficient (Wildman–Crippen LogP) is 1.29. The van der Waals surface area contributed by atoms with Crippen LogP contribution in [-0.4, -0.2) is 16.1 Å². The molecule has 6 heteroatoms. The Morgan fingerprint density at radius 2 is 2.36 bits per heavy atom. The van der Waals surface area contributed by atoms with Crippen molar-refractivity contribution in [2.45, 2.75) is 6.92 Å². The first-order valence-corrected chi connectivity index (χ1v) is 3.90. The summed E-state index contributed by atoms with van der Waals surface area (Å²) in [5.41, 5.74) is 0. The lowest BCUT2D eigenvalue weighted by Gasteiger charge is -1.90. The molecular formula is C8H7N3O3. The monoisotopic (exact) mass is 193 g/mol. The van der Waals surface area contributed by atoms with Gasteiger partial charge in [-0.15, -0.1) is 5.10 Å². The highest BCUT2D eigenvalue weighted by Gasteiger charge is 2.10. The second kappa shape index (κ2) is 3.33. The maximum Gasteiger partial charge on any atom is 0.322 e. The van der Waals surface area contributed by atoms with Gasteiger partial charge in [-0.2, -0.15) is 0 Å². The second-order valence-electron chi connectivity index (χ2n) is 2.57. The zero-order valence-corrected chi connectivity index (χ0v) is 7.35. The maximum absolute atomic E-state index is 10.6. The highest BCUT2D eigenvalue weighted by molar-refractivity contribution is 5.86. The fourth-order valence-corrected chi connectivity index (χ4v) is 0.924. The van der Waals surface area contributed by atoms with Gasteiger partial charge in [-0.05, 0) is 12.1 Å². The Kier molecular flexibility index (Phi) is 2.02. The Labute approximate surface area is 78.9 Å². The van der Waals surface area contributed by atoms with Crippen LogP contribution >= 0.6 is 0 Å². The van der Waals surface area contributed by atoms with Gasteiger partial charge in [0.2, 0.25) is 5.91 Å². The number of rotatable bonds is 2. The molecule has 2 heterocycles. The van der Waals surface area contributed by atoms with Crippen molar-refractivity contribution in [1.82, 2.24) is 10.2 Å². The molecule has 0 aliphatic heterocycles. The van der Waals surface area contributed by atoms with Crippen LogP contribution < -0.4 is 5.32 Å². The van der Waals surface area contributed by atoms with Crippen molar-refractivity contribution in [3.05, 3.63) is 18.4 Å². The predicted molar refractivity (Wildman–Crippen MR) is 46.3 cm³/mol. The first-order valence-electron chi connectivity index (χ1n) is 3.90. The molecule has 0 bridgehead atoms. The molecule has 0 aliphatic rings. The molecule has 14 heavy (non-hydrogen) atoms. The van der Waals surface area contributed by atoms with Crippen molar-refractivity contribution < 1.29 is 13.6 Å². The Morgan fingerprint density at radius 1 is 1.50 bits per heavy atom. The van der Waals surface area contributed by atoms with Crippen molar-refractivity contribution in [3.8, 4) is 11.7 Å². The fraction of sp³-hybridized carbons (Fsp3) is 0.125. The first kappa shape index (κ1) is 8.49. The van der Waals surface area contributed by atoms with Gasteiger partial charge >= 0.3 is 6.01 Å². The van der Waals surface area contributed by atoms with Crippen LogP contribution in [0.25, 0.3) is 11.7 Å². The molecule has 0 saturated heterocycles. The van der Waals surface area contributed by atoms with Gasteiger partial charge in [0.1, 0.15) is 0 Å². The van der Waals surface area contributed by atoms with E-state index in [1.807, 2.05) is 0 Å². The molecule has 0 unspecified atom stereocenters. The van der Waals surface area contributed by atoms with Crippen LogP contribution in [0.1, 0.15) is 6.92 Å². The lowest BCUT2D eigenvalue weighted by atomic mass is 10.5. The highest BCUT2D eigenvalue weighted by atomic mass is 16.4. The van der Waals surface area contributed by atoms with Gasteiger partial charge < -0.3 is 8.83 Å². The third-order valence-electron chi connectivity index (χ3n) is 1.44. The van der Waals surface area contributed by atoms with E-state index < -0.39 is 0 Å². The van der Waals surface area contributed by atoms with E-state index in [-0.39, 0.29) is 17.8 Å². The quantitative estimate of drug-likeness (QED) is 0.777. The standard InChI is InChI=1S/C8H7N3O3/c1-5(12)9-8-11-10-7(14-8)6-3-2-4-13-6/h2-4H,1H3,(H,9,11,12). The van der Waals surface area contributed by atoms with Crippen molar-refractivity contribution in [3.63, 3.8) is 0 Å². The molecule has 0 atom stereocenters. The average Bonchev–Trinajstić information content (AvgIpc) is 2.69. The number of nitrogens with zero attached hydrogens (tertiary/aromatic N) is 2. The Bertz CT molecular complexity index is 432. The van der Waals surface area contributed by atoms with Gasteiger partial charge in [0.15, 0.2) is 5.76 Å². The minimum absolute atomic E-state index is 0.0592. The molecule has 0 aliphatic carbocycles. The number of aromatic nitrogens is 2. The van der Waals surface area contributed by atoms with E-state index in [0.717, 1.165) is 0 Å². The van der Waals surface area contributed by atoms with E-state index in [1.165, 1.54) is 13.2 Å². The van der Waals surface area contributed by atoms with Gasteiger partial charge in [-0.1, -0.05) is 5.10 Å². The summed E-state index contributed by atoms with van der Waals surface area (Å²) in [6.45, 7) is 1.36. The van der Waals surface area contributed by atoms with Crippen molar-refractivity contribution >= 4 is 11.9 Å². The van der Waals surface area contributed by atoms with Crippen LogP contribution in [0.2, 0.25) is 0 Å². The van der Waals surface area contributed by atoms with Crippen molar-refractivity contribution in [2.24, 2.45) is 0 Å². The average molecular weight is 193 g/mol. The van der Waals surface area contributed by atoms with Crippen LogP contribution in [0.3, 0.4) is 0 Å². The summed E-state index contributed by atoms with van der Waals surface area (Å²) in [6.07, 6.45) is 1.50. The smallest absolute Gasteiger partial charge is 0.322 e. The third kappa shape index (κ3) is 1.63. The number of furan rings is 1. The topological polar surface area (TPSA) is 81.2 Å². The van der Waals surface area contributed by atoms with E-state index in [2.05, 4.69) is 15.5 Å². The number of hydrogen-bond donors (Lipinski definition) is 1. The van der Waals surface area contributed by atoms with Gasteiger partial charge in [0.05, 0.1) is 6.26 Å².